The number of benzene rings is 1. The highest BCUT2D eigenvalue weighted by molar-refractivity contribution is 5.78. The fraction of sp³-hybridized carbons (Fsp3) is 0.333. The molecule has 0 aliphatic carbocycles. The molecule has 1 aliphatic rings. The van der Waals surface area contributed by atoms with E-state index >= 15 is 0 Å². The summed E-state index contributed by atoms with van der Waals surface area (Å²) < 4.78 is 7.37. The van der Waals surface area contributed by atoms with Gasteiger partial charge in [0, 0.05) is 44.6 Å². The summed E-state index contributed by atoms with van der Waals surface area (Å²) in [5.41, 5.74) is 1.11. The van der Waals surface area contributed by atoms with Crippen LogP contribution >= 0.6 is 0 Å². The number of hydrogen-bond acceptors (Lipinski definition) is 6. The molecule has 0 unspecified atom stereocenters. The second-order valence-corrected chi connectivity index (χ2v) is 7.06. The highest BCUT2D eigenvalue weighted by atomic mass is 16.5. The van der Waals surface area contributed by atoms with Crippen LogP contribution in [-0.2, 0) is 4.79 Å². The summed E-state index contributed by atoms with van der Waals surface area (Å²) in [5, 5.41) is 4.24. The molecule has 3 heterocycles. The first-order valence-electron chi connectivity index (χ1n) is 9.66. The van der Waals surface area contributed by atoms with E-state index in [9.17, 15) is 4.79 Å². The molecule has 0 saturated carbocycles. The van der Waals surface area contributed by atoms with E-state index in [1.165, 1.54) is 0 Å². The van der Waals surface area contributed by atoms with E-state index in [1.54, 1.807) is 10.9 Å². The zero-order chi connectivity index (χ0) is 20.2. The minimum Gasteiger partial charge on any atom is -0.484 e. The molecule has 4 rings (SSSR count). The molecule has 8 nitrogen and oxygen atoms in total. The van der Waals surface area contributed by atoms with Gasteiger partial charge in [-0.1, -0.05) is 12.1 Å². The summed E-state index contributed by atoms with van der Waals surface area (Å²) in [4.78, 5) is 25.5. The number of rotatable bonds is 5. The van der Waals surface area contributed by atoms with Crippen molar-refractivity contribution in [3.05, 3.63) is 60.2 Å². The Morgan fingerprint density at radius 3 is 2.55 bits per heavy atom. The molecule has 1 aromatic carbocycles. The fourth-order valence-electron chi connectivity index (χ4n) is 3.35. The van der Waals surface area contributed by atoms with Gasteiger partial charge in [-0.3, -0.25) is 4.79 Å². The van der Waals surface area contributed by atoms with E-state index in [-0.39, 0.29) is 12.5 Å². The molecule has 0 bridgehead atoms. The Bertz CT molecular complexity index is 981. The molecular formula is C21H24N6O2. The van der Waals surface area contributed by atoms with Crippen molar-refractivity contribution in [2.75, 3.05) is 37.7 Å². The minimum absolute atomic E-state index is 0.00209. The highest BCUT2D eigenvalue weighted by Crippen LogP contribution is 2.18. The number of anilines is 1. The Labute approximate surface area is 169 Å². The number of hydrogen-bond donors (Lipinski definition) is 0. The van der Waals surface area contributed by atoms with E-state index in [2.05, 4.69) is 20.0 Å². The summed E-state index contributed by atoms with van der Waals surface area (Å²) in [6.45, 7) is 6.63. The van der Waals surface area contributed by atoms with E-state index in [4.69, 9.17) is 4.74 Å². The molecule has 1 amide bonds. The number of carbonyl (C=O) groups excluding carboxylic acids is 1. The van der Waals surface area contributed by atoms with E-state index < -0.39 is 0 Å². The van der Waals surface area contributed by atoms with Crippen LogP contribution in [0.15, 0.2) is 48.8 Å². The lowest BCUT2D eigenvalue weighted by Gasteiger charge is -2.35. The molecule has 0 atom stereocenters. The summed E-state index contributed by atoms with van der Waals surface area (Å²) in [7, 11) is 0. The molecule has 1 aliphatic heterocycles. The van der Waals surface area contributed by atoms with Crippen molar-refractivity contribution in [3.8, 4) is 11.6 Å². The van der Waals surface area contributed by atoms with E-state index in [0.29, 0.717) is 32.0 Å². The van der Waals surface area contributed by atoms with Gasteiger partial charge in [0.2, 0.25) is 0 Å². The monoisotopic (exact) mass is 392 g/mol. The summed E-state index contributed by atoms with van der Waals surface area (Å²) >= 11 is 0. The van der Waals surface area contributed by atoms with Gasteiger partial charge in [-0.05, 0) is 37.6 Å². The predicted molar refractivity (Wildman–Crippen MR) is 109 cm³/mol. The van der Waals surface area contributed by atoms with Crippen LogP contribution < -0.4 is 9.64 Å². The standard InChI is InChI=1S/C21H24N6O2/c1-16-5-3-6-18(13-16)29-15-21(28)26-11-9-25(10-12-26)19-14-20(24-17(2)23-19)27-8-4-7-22-27/h3-8,13-14H,9-12,15H2,1-2H3. The van der Waals surface area contributed by atoms with Crippen molar-refractivity contribution in [2.24, 2.45) is 0 Å². The first-order valence-corrected chi connectivity index (χ1v) is 9.66. The predicted octanol–water partition coefficient (Wildman–Crippen LogP) is 2.01. The summed E-state index contributed by atoms with van der Waals surface area (Å²) in [5.74, 6) is 3.01. The maximum Gasteiger partial charge on any atom is 0.260 e. The smallest absolute Gasteiger partial charge is 0.260 e. The average Bonchev–Trinajstić information content (AvgIpc) is 3.27. The zero-order valence-corrected chi connectivity index (χ0v) is 16.7. The normalized spacial score (nSPS) is 14.1. The number of carbonyl (C=O) groups is 1. The third-order valence-electron chi connectivity index (χ3n) is 4.86. The zero-order valence-electron chi connectivity index (χ0n) is 16.7. The number of piperazine rings is 1. The largest absolute Gasteiger partial charge is 0.484 e. The van der Waals surface area contributed by atoms with Crippen LogP contribution in [0.3, 0.4) is 0 Å². The maximum absolute atomic E-state index is 12.5. The van der Waals surface area contributed by atoms with Gasteiger partial charge in [0.25, 0.3) is 5.91 Å². The molecular weight excluding hydrogens is 368 g/mol. The maximum atomic E-state index is 12.5. The molecule has 150 valence electrons. The lowest BCUT2D eigenvalue weighted by atomic mass is 10.2. The Kier molecular flexibility index (Phi) is 5.41. The van der Waals surface area contributed by atoms with E-state index in [0.717, 1.165) is 22.9 Å². The molecule has 8 heteroatoms. The van der Waals surface area contributed by atoms with Crippen molar-refractivity contribution >= 4 is 11.7 Å². The number of amides is 1. The topological polar surface area (TPSA) is 76.4 Å². The second kappa shape index (κ2) is 8.30. The van der Waals surface area contributed by atoms with Crippen molar-refractivity contribution in [1.29, 1.82) is 0 Å². The van der Waals surface area contributed by atoms with E-state index in [1.807, 2.05) is 61.3 Å². The lowest BCUT2D eigenvalue weighted by molar-refractivity contribution is -0.133. The number of ether oxygens (including phenoxy) is 1. The summed E-state index contributed by atoms with van der Waals surface area (Å²) in [6, 6.07) is 11.5. The Balaban J connectivity index is 1.35. The van der Waals surface area contributed by atoms with Crippen LogP contribution in [0.1, 0.15) is 11.4 Å². The third-order valence-corrected chi connectivity index (χ3v) is 4.86. The lowest BCUT2D eigenvalue weighted by Crippen LogP contribution is -2.50. The van der Waals surface area contributed by atoms with Crippen molar-refractivity contribution in [3.63, 3.8) is 0 Å². The van der Waals surface area contributed by atoms with Gasteiger partial charge in [0.1, 0.15) is 17.4 Å². The van der Waals surface area contributed by atoms with Crippen LogP contribution in [0.4, 0.5) is 5.82 Å². The van der Waals surface area contributed by atoms with Crippen molar-refractivity contribution in [2.45, 2.75) is 13.8 Å². The number of nitrogens with zero attached hydrogens (tertiary/aromatic N) is 6. The third kappa shape index (κ3) is 4.53. The molecule has 0 radical (unpaired) electrons. The van der Waals surface area contributed by atoms with Gasteiger partial charge in [-0.15, -0.1) is 0 Å². The summed E-state index contributed by atoms with van der Waals surface area (Å²) in [6.07, 6.45) is 3.58. The molecule has 0 spiro atoms. The van der Waals surface area contributed by atoms with Gasteiger partial charge in [-0.25, -0.2) is 14.6 Å². The molecule has 0 N–H and O–H groups in total. The number of aromatic nitrogens is 4. The highest BCUT2D eigenvalue weighted by Gasteiger charge is 2.23. The fourth-order valence-corrected chi connectivity index (χ4v) is 3.35. The Morgan fingerprint density at radius 2 is 1.83 bits per heavy atom. The molecule has 29 heavy (non-hydrogen) atoms. The van der Waals surface area contributed by atoms with Gasteiger partial charge in [0.05, 0.1) is 0 Å². The average molecular weight is 392 g/mol. The first kappa shape index (κ1) is 18.9. The van der Waals surface area contributed by atoms with Crippen molar-refractivity contribution in [1.82, 2.24) is 24.6 Å². The van der Waals surface area contributed by atoms with Crippen LogP contribution in [0, 0.1) is 13.8 Å². The van der Waals surface area contributed by atoms with Gasteiger partial charge >= 0.3 is 0 Å². The van der Waals surface area contributed by atoms with Gasteiger partial charge in [-0.2, -0.15) is 5.10 Å². The molecule has 1 fully saturated rings. The molecule has 1 saturated heterocycles. The van der Waals surface area contributed by atoms with Gasteiger partial charge in [0.15, 0.2) is 12.4 Å². The van der Waals surface area contributed by atoms with Crippen LogP contribution in [0.25, 0.3) is 5.82 Å². The second-order valence-electron chi connectivity index (χ2n) is 7.06. The first-order chi connectivity index (χ1) is 14.1. The van der Waals surface area contributed by atoms with Crippen LogP contribution in [0.2, 0.25) is 0 Å². The minimum atomic E-state index is 0.00209. The van der Waals surface area contributed by atoms with Crippen LogP contribution in [0.5, 0.6) is 5.75 Å². The Hall–Kier alpha value is -3.42. The van der Waals surface area contributed by atoms with Gasteiger partial charge < -0.3 is 14.5 Å². The SMILES string of the molecule is Cc1cccc(OCC(=O)N2CCN(c3cc(-n4cccn4)nc(C)n3)CC2)c1. The number of aryl methyl sites for hydroxylation is 2. The Morgan fingerprint density at radius 1 is 1.03 bits per heavy atom. The van der Waals surface area contributed by atoms with Crippen LogP contribution in [-0.4, -0.2) is 63.3 Å². The molecule has 2 aromatic heterocycles. The molecule has 3 aromatic rings. The quantitative estimate of drug-likeness (QED) is 0.661. The van der Waals surface area contributed by atoms with Crippen molar-refractivity contribution < 1.29 is 9.53 Å².